The van der Waals surface area contributed by atoms with Crippen molar-refractivity contribution in [1.82, 2.24) is 0 Å². The van der Waals surface area contributed by atoms with E-state index in [1.807, 2.05) is 0 Å². The van der Waals surface area contributed by atoms with Gasteiger partial charge in [-0.25, -0.2) is 0 Å². The molecule has 5 saturated carbocycles. The van der Waals surface area contributed by atoms with Gasteiger partial charge in [-0.3, -0.25) is 0 Å². The summed E-state index contributed by atoms with van der Waals surface area (Å²) in [6.45, 7) is 13.4. The second-order valence-corrected chi connectivity index (χ2v) is 15.2. The summed E-state index contributed by atoms with van der Waals surface area (Å²) in [5.74, 6) is 2.13. The Kier molecular flexibility index (Phi) is 5.76. The van der Waals surface area contributed by atoms with Gasteiger partial charge in [-0.1, -0.05) is 27.7 Å². The standard InChI is InChI=1S/C30H52O4/c1-25(2)21-8-9-22-28(6)13-11-20(19(17-31)7-10-24(33)26(3,4)34)27(28,5)15-16-30(22)18-29(21,30)14-12-23(25)32/h19-24,31-34H,7-18H2,1-6H3. The summed E-state index contributed by atoms with van der Waals surface area (Å²) in [6, 6.07) is 0. The summed E-state index contributed by atoms with van der Waals surface area (Å²) >= 11 is 0. The molecule has 5 fully saturated rings. The summed E-state index contributed by atoms with van der Waals surface area (Å²) in [4.78, 5) is 0. The maximum atomic E-state index is 10.9. The molecule has 4 nitrogen and oxygen atoms in total. The molecule has 196 valence electrons. The van der Waals surface area contributed by atoms with Crippen LogP contribution in [-0.2, 0) is 0 Å². The van der Waals surface area contributed by atoms with Crippen LogP contribution in [0.1, 0.15) is 112 Å². The second kappa shape index (κ2) is 7.68. The van der Waals surface area contributed by atoms with Crippen LogP contribution >= 0.6 is 0 Å². The Labute approximate surface area is 207 Å². The van der Waals surface area contributed by atoms with Crippen LogP contribution < -0.4 is 0 Å². The Morgan fingerprint density at radius 3 is 2.12 bits per heavy atom. The van der Waals surface area contributed by atoms with E-state index in [1.54, 1.807) is 13.8 Å². The normalized spacial score (nSPS) is 51.0. The first-order chi connectivity index (χ1) is 15.7. The SMILES string of the molecule is CC(C)(O)C(O)CCC(CO)C1CCC2(C)C3CCC4C(C)(C)C(O)CCC45CC35CCC12C. The minimum atomic E-state index is -1.09. The second-order valence-electron chi connectivity index (χ2n) is 15.2. The van der Waals surface area contributed by atoms with Crippen molar-refractivity contribution in [3.05, 3.63) is 0 Å². The van der Waals surface area contributed by atoms with E-state index in [-0.39, 0.29) is 29.5 Å². The van der Waals surface area contributed by atoms with Crippen molar-refractivity contribution < 1.29 is 20.4 Å². The highest BCUT2D eigenvalue weighted by Crippen LogP contribution is 2.89. The van der Waals surface area contributed by atoms with Crippen LogP contribution in [0.4, 0.5) is 0 Å². The van der Waals surface area contributed by atoms with Crippen LogP contribution in [0, 0.1) is 50.7 Å². The zero-order valence-electron chi connectivity index (χ0n) is 22.7. The van der Waals surface area contributed by atoms with Crippen molar-refractivity contribution >= 4 is 0 Å². The van der Waals surface area contributed by atoms with Crippen molar-refractivity contribution in [3.8, 4) is 0 Å². The largest absolute Gasteiger partial charge is 0.396 e. The third-order valence-corrected chi connectivity index (χ3v) is 13.6. The molecule has 0 radical (unpaired) electrons. The van der Waals surface area contributed by atoms with Crippen molar-refractivity contribution in [2.45, 2.75) is 130 Å². The molecule has 0 amide bonds. The maximum Gasteiger partial charge on any atom is 0.0849 e. The van der Waals surface area contributed by atoms with Gasteiger partial charge < -0.3 is 20.4 Å². The Bertz CT molecular complexity index is 802. The molecule has 0 aliphatic heterocycles. The predicted molar refractivity (Wildman–Crippen MR) is 135 cm³/mol. The van der Waals surface area contributed by atoms with E-state index in [9.17, 15) is 20.4 Å². The molecule has 0 heterocycles. The number of hydrogen-bond donors (Lipinski definition) is 4. The molecule has 4 heteroatoms. The van der Waals surface area contributed by atoms with Crippen LogP contribution in [0.5, 0.6) is 0 Å². The van der Waals surface area contributed by atoms with E-state index >= 15 is 0 Å². The quantitative estimate of drug-likeness (QED) is 0.419. The number of hydrogen-bond acceptors (Lipinski definition) is 4. The lowest BCUT2D eigenvalue weighted by Gasteiger charge is -2.63. The highest BCUT2D eigenvalue weighted by atomic mass is 16.3. The Morgan fingerprint density at radius 2 is 1.47 bits per heavy atom. The molecule has 10 unspecified atom stereocenters. The maximum absolute atomic E-state index is 10.9. The number of fused-ring (bicyclic) bond motifs is 2. The summed E-state index contributed by atoms with van der Waals surface area (Å²) in [5.41, 5.74) is 0.446. The van der Waals surface area contributed by atoms with Crippen molar-refractivity contribution in [2.24, 2.45) is 50.7 Å². The fourth-order valence-corrected chi connectivity index (χ4v) is 11.3. The summed E-state index contributed by atoms with van der Waals surface area (Å²) in [5, 5.41) is 41.9. The van der Waals surface area contributed by atoms with Gasteiger partial charge in [-0.2, -0.15) is 0 Å². The Morgan fingerprint density at radius 1 is 0.824 bits per heavy atom. The van der Waals surface area contributed by atoms with E-state index < -0.39 is 11.7 Å². The van der Waals surface area contributed by atoms with E-state index in [0.29, 0.717) is 34.5 Å². The molecule has 0 bridgehead atoms. The van der Waals surface area contributed by atoms with E-state index in [0.717, 1.165) is 18.8 Å². The number of aliphatic hydroxyl groups excluding tert-OH is 3. The summed E-state index contributed by atoms with van der Waals surface area (Å²) in [6.07, 6.45) is 11.6. The van der Waals surface area contributed by atoms with Crippen molar-refractivity contribution in [1.29, 1.82) is 0 Å². The van der Waals surface area contributed by atoms with Gasteiger partial charge in [0, 0.05) is 6.61 Å². The topological polar surface area (TPSA) is 80.9 Å². The fourth-order valence-electron chi connectivity index (χ4n) is 11.3. The number of rotatable bonds is 6. The van der Waals surface area contributed by atoms with Gasteiger partial charge in [0.05, 0.1) is 17.8 Å². The molecular weight excluding hydrogens is 424 g/mol. The molecule has 0 saturated heterocycles. The van der Waals surface area contributed by atoms with Crippen LogP contribution in [0.25, 0.3) is 0 Å². The average Bonchev–Trinajstić information content (AvgIpc) is 3.35. The summed E-state index contributed by atoms with van der Waals surface area (Å²) in [7, 11) is 0. The average molecular weight is 477 g/mol. The lowest BCUT2D eigenvalue weighted by atomic mass is 9.41. The smallest absolute Gasteiger partial charge is 0.0849 e. The first kappa shape index (κ1) is 25.5. The molecule has 4 N–H and O–H groups in total. The third kappa shape index (κ3) is 3.10. The molecular formula is C30H52O4. The van der Waals surface area contributed by atoms with Crippen LogP contribution in [0.15, 0.2) is 0 Å². The highest BCUT2D eigenvalue weighted by Gasteiger charge is 2.82. The minimum Gasteiger partial charge on any atom is -0.396 e. The molecule has 0 aromatic carbocycles. The van der Waals surface area contributed by atoms with E-state index in [1.165, 1.54) is 51.4 Å². The zero-order chi connectivity index (χ0) is 24.9. The van der Waals surface area contributed by atoms with Gasteiger partial charge in [0.25, 0.3) is 0 Å². The first-order valence-corrected chi connectivity index (χ1v) is 14.4. The van der Waals surface area contributed by atoms with Crippen molar-refractivity contribution in [2.75, 3.05) is 6.61 Å². The van der Waals surface area contributed by atoms with Crippen molar-refractivity contribution in [3.63, 3.8) is 0 Å². The molecule has 2 spiro atoms. The zero-order valence-corrected chi connectivity index (χ0v) is 22.7. The van der Waals surface area contributed by atoms with E-state index in [2.05, 4.69) is 27.7 Å². The lowest BCUT2D eigenvalue weighted by molar-refractivity contribution is -0.163. The van der Waals surface area contributed by atoms with Crippen LogP contribution in [0.2, 0.25) is 0 Å². The molecule has 5 aliphatic rings. The lowest BCUT2D eigenvalue weighted by Crippen LogP contribution is -2.57. The molecule has 0 aromatic rings. The van der Waals surface area contributed by atoms with Gasteiger partial charge >= 0.3 is 0 Å². The van der Waals surface area contributed by atoms with Gasteiger partial charge in [0.2, 0.25) is 0 Å². The predicted octanol–water partition coefficient (Wildman–Crippen LogP) is 5.31. The molecule has 10 atom stereocenters. The Hall–Kier alpha value is -0.160. The van der Waals surface area contributed by atoms with Gasteiger partial charge in [-0.15, -0.1) is 0 Å². The van der Waals surface area contributed by atoms with E-state index in [4.69, 9.17) is 0 Å². The van der Waals surface area contributed by atoms with Gasteiger partial charge in [-0.05, 0) is 135 Å². The third-order valence-electron chi connectivity index (χ3n) is 13.6. The highest BCUT2D eigenvalue weighted by molar-refractivity contribution is 5.30. The number of aliphatic hydroxyl groups is 4. The molecule has 34 heavy (non-hydrogen) atoms. The van der Waals surface area contributed by atoms with Crippen LogP contribution in [-0.4, -0.2) is 44.8 Å². The molecule has 5 aliphatic carbocycles. The van der Waals surface area contributed by atoms with Gasteiger partial charge in [0.1, 0.15) is 0 Å². The summed E-state index contributed by atoms with van der Waals surface area (Å²) < 4.78 is 0. The Balaban J connectivity index is 1.38. The van der Waals surface area contributed by atoms with Crippen LogP contribution in [0.3, 0.4) is 0 Å². The first-order valence-electron chi connectivity index (χ1n) is 14.4. The monoisotopic (exact) mass is 476 g/mol. The molecule has 5 rings (SSSR count). The molecule has 0 aromatic heterocycles. The fraction of sp³-hybridized carbons (Fsp3) is 1.00. The van der Waals surface area contributed by atoms with Gasteiger partial charge in [0.15, 0.2) is 0 Å². The minimum absolute atomic E-state index is 0.0376.